The molecule has 8 aliphatic rings. The number of carbonyl (C=O) groups is 2. The van der Waals surface area contributed by atoms with Crippen LogP contribution in [0.15, 0.2) is 23.3 Å². The number of rotatable bonds is 2. The number of hydrogen-bond acceptors (Lipinski definition) is 3. The van der Waals surface area contributed by atoms with Crippen molar-refractivity contribution in [3.05, 3.63) is 23.3 Å². The molecule has 46 heavy (non-hydrogen) atoms. The maximum absolute atomic E-state index is 12.1. The van der Waals surface area contributed by atoms with Gasteiger partial charge in [-0.15, -0.1) is 0 Å². The molecule has 8 aliphatic carbocycles. The Morgan fingerprint density at radius 1 is 0.609 bits per heavy atom. The van der Waals surface area contributed by atoms with Crippen LogP contribution in [0.3, 0.4) is 0 Å². The molecule has 3 nitrogen and oxygen atoms in total. The average Bonchev–Trinajstić information content (AvgIpc) is 3.55. The van der Waals surface area contributed by atoms with Crippen molar-refractivity contribution in [2.75, 3.05) is 0 Å². The van der Waals surface area contributed by atoms with E-state index in [0.717, 1.165) is 72.2 Å². The van der Waals surface area contributed by atoms with Gasteiger partial charge in [-0.2, -0.15) is 0 Å². The van der Waals surface area contributed by atoms with E-state index in [2.05, 4.69) is 46.8 Å². The Balaban J connectivity index is 0.000000147. The number of aliphatic hydroxyl groups excluding tert-OH is 1. The second-order valence-electron chi connectivity index (χ2n) is 19.4. The number of hydrogen-bond donors (Lipinski definition) is 1. The van der Waals surface area contributed by atoms with Crippen molar-refractivity contribution in [1.29, 1.82) is 0 Å². The van der Waals surface area contributed by atoms with Gasteiger partial charge in [-0.25, -0.2) is 0 Å². The molecule has 3 heteroatoms. The van der Waals surface area contributed by atoms with Crippen LogP contribution in [-0.4, -0.2) is 22.8 Å². The number of allylic oxidation sites excluding steroid dienone is 4. The minimum atomic E-state index is -0.0593. The van der Waals surface area contributed by atoms with Gasteiger partial charge in [0.25, 0.3) is 0 Å². The van der Waals surface area contributed by atoms with E-state index in [1.54, 1.807) is 13.8 Å². The number of ketones is 2. The van der Waals surface area contributed by atoms with Crippen molar-refractivity contribution >= 4 is 11.6 Å². The van der Waals surface area contributed by atoms with E-state index in [4.69, 9.17) is 0 Å². The molecule has 8 rings (SSSR count). The van der Waals surface area contributed by atoms with E-state index in [-0.39, 0.29) is 16.9 Å². The molecule has 0 aliphatic heterocycles. The van der Waals surface area contributed by atoms with Gasteiger partial charge >= 0.3 is 0 Å². The largest absolute Gasteiger partial charge is 0.393 e. The molecule has 0 spiro atoms. The summed E-state index contributed by atoms with van der Waals surface area (Å²) in [7, 11) is 0. The highest BCUT2D eigenvalue weighted by Crippen LogP contribution is 2.68. The van der Waals surface area contributed by atoms with Gasteiger partial charge in [0.05, 0.1) is 6.10 Å². The first-order chi connectivity index (χ1) is 21.7. The third kappa shape index (κ3) is 4.95. The molecule has 1 N–H and O–H groups in total. The Labute approximate surface area is 281 Å². The maximum Gasteiger partial charge on any atom is 0.156 e. The molecule has 0 aromatic heterocycles. The van der Waals surface area contributed by atoms with E-state index >= 15 is 0 Å². The number of fused-ring (bicyclic) bond motifs is 10. The van der Waals surface area contributed by atoms with Gasteiger partial charge in [0.2, 0.25) is 0 Å². The summed E-state index contributed by atoms with van der Waals surface area (Å²) in [6, 6.07) is 0. The molecule has 14 atom stereocenters. The molecule has 0 bridgehead atoms. The third-order valence-electron chi connectivity index (χ3n) is 17.5. The van der Waals surface area contributed by atoms with Crippen LogP contribution in [-0.2, 0) is 9.59 Å². The Kier molecular flexibility index (Phi) is 8.46. The van der Waals surface area contributed by atoms with Crippen LogP contribution < -0.4 is 0 Å². The van der Waals surface area contributed by atoms with E-state index < -0.39 is 0 Å². The van der Waals surface area contributed by atoms with Crippen LogP contribution in [0, 0.1) is 74.9 Å². The number of aliphatic hydroxyl groups is 1. The highest BCUT2D eigenvalue weighted by atomic mass is 16.3. The van der Waals surface area contributed by atoms with Crippen LogP contribution >= 0.6 is 0 Å². The summed E-state index contributed by atoms with van der Waals surface area (Å²) in [5.74, 6) is 8.09. The van der Waals surface area contributed by atoms with Gasteiger partial charge in [-0.05, 0) is 196 Å². The van der Waals surface area contributed by atoms with Gasteiger partial charge in [0.1, 0.15) is 0 Å². The summed E-state index contributed by atoms with van der Waals surface area (Å²) in [4.78, 5) is 24.2. The smallest absolute Gasteiger partial charge is 0.156 e. The van der Waals surface area contributed by atoms with Crippen LogP contribution in [0.5, 0.6) is 0 Å². The second-order valence-corrected chi connectivity index (χ2v) is 19.4. The molecule has 0 saturated heterocycles. The first-order valence-electron chi connectivity index (χ1n) is 19.8. The molecule has 0 radical (unpaired) electrons. The lowest BCUT2D eigenvalue weighted by Gasteiger charge is -2.60. The molecule has 0 amide bonds. The predicted octanol–water partition coefficient (Wildman–Crippen LogP) is 10.3. The fourth-order valence-corrected chi connectivity index (χ4v) is 14.9. The van der Waals surface area contributed by atoms with Crippen molar-refractivity contribution < 1.29 is 14.7 Å². The lowest BCUT2D eigenvalue weighted by Crippen LogP contribution is -2.53. The standard InChI is InChI=1S/C22H34O.C21H32O2/c1-14-9-11-21(3)16(13-14)5-6-17-19-8-7-18(15(2)23)22(19,4)12-10-20(17)21;1-13(22)17-6-7-18-16-5-4-14-12-15(23)8-10-20(14,2)19(16)9-11-21(17,18)3/h7,14,16-17,19-20H,5-6,8-13H2,1-4H3;6,14-16,18-19,23H,4-5,7-12H2,1-3H3/t14-,16-,17-,19-,20-,21-,22+;14-,15-,16-,18-,19-,20-,21+/m00/s1. The summed E-state index contributed by atoms with van der Waals surface area (Å²) in [5.41, 5.74) is 3.67. The maximum atomic E-state index is 12.1. The van der Waals surface area contributed by atoms with Gasteiger partial charge in [-0.1, -0.05) is 53.2 Å². The van der Waals surface area contributed by atoms with Crippen molar-refractivity contribution in [3.63, 3.8) is 0 Å². The fourth-order valence-electron chi connectivity index (χ4n) is 14.9. The van der Waals surface area contributed by atoms with Crippen molar-refractivity contribution in [3.8, 4) is 0 Å². The van der Waals surface area contributed by atoms with Gasteiger partial charge < -0.3 is 5.11 Å². The quantitative estimate of drug-likeness (QED) is 0.330. The lowest BCUT2D eigenvalue weighted by atomic mass is 9.44. The second kappa shape index (κ2) is 11.7. The minimum Gasteiger partial charge on any atom is -0.393 e. The summed E-state index contributed by atoms with van der Waals surface area (Å²) in [6.45, 7) is 15.9. The van der Waals surface area contributed by atoms with Gasteiger partial charge in [-0.3, -0.25) is 9.59 Å². The molecule has 256 valence electrons. The van der Waals surface area contributed by atoms with Crippen LogP contribution in [0.1, 0.15) is 151 Å². The van der Waals surface area contributed by atoms with E-state index in [0.29, 0.717) is 28.3 Å². The molecule has 6 saturated carbocycles. The van der Waals surface area contributed by atoms with E-state index in [1.165, 1.54) is 89.0 Å². The summed E-state index contributed by atoms with van der Waals surface area (Å²) < 4.78 is 0. The summed E-state index contributed by atoms with van der Waals surface area (Å²) in [6.07, 6.45) is 25.0. The highest BCUT2D eigenvalue weighted by molar-refractivity contribution is 5.95. The SMILES string of the molecule is CC(=O)C1=CC[C@H]2[C@@H]3CC[C@H]4C[C@@H](C)CC[C@]4(C)[C@H]3CC[C@]12C.CC(=O)C1=CC[C@H]2[C@@H]3CC[C@H]4C[C@@H](O)CC[C@]4(C)[C@H]3CC[C@]12C. The van der Waals surface area contributed by atoms with Crippen molar-refractivity contribution in [1.82, 2.24) is 0 Å². The summed E-state index contributed by atoms with van der Waals surface area (Å²) in [5, 5.41) is 10.1. The van der Waals surface area contributed by atoms with Crippen LogP contribution in [0.2, 0.25) is 0 Å². The van der Waals surface area contributed by atoms with Gasteiger partial charge in [0.15, 0.2) is 11.6 Å². The topological polar surface area (TPSA) is 54.4 Å². The van der Waals surface area contributed by atoms with E-state index in [9.17, 15) is 14.7 Å². The Morgan fingerprint density at radius 2 is 1.07 bits per heavy atom. The first-order valence-corrected chi connectivity index (χ1v) is 19.8. The molecule has 0 unspecified atom stereocenters. The first kappa shape index (κ1) is 33.3. The average molecular weight is 631 g/mol. The van der Waals surface area contributed by atoms with Crippen molar-refractivity contribution in [2.24, 2.45) is 74.9 Å². The molecule has 0 heterocycles. The van der Waals surface area contributed by atoms with E-state index in [1.807, 2.05) is 0 Å². The molecule has 6 fully saturated rings. The third-order valence-corrected chi connectivity index (χ3v) is 17.5. The fraction of sp³-hybridized carbons (Fsp3) is 0.860. The highest BCUT2D eigenvalue weighted by Gasteiger charge is 2.60. The molecule has 0 aromatic carbocycles. The van der Waals surface area contributed by atoms with Crippen LogP contribution in [0.4, 0.5) is 0 Å². The Hall–Kier alpha value is -1.22. The molecular formula is C43H66O3. The Morgan fingerprint density at radius 3 is 1.54 bits per heavy atom. The monoisotopic (exact) mass is 631 g/mol. The van der Waals surface area contributed by atoms with Gasteiger partial charge in [0, 0.05) is 0 Å². The zero-order valence-electron chi connectivity index (χ0n) is 30.5. The lowest BCUT2D eigenvalue weighted by molar-refractivity contribution is -0.124. The molecule has 0 aromatic rings. The predicted molar refractivity (Wildman–Crippen MR) is 187 cm³/mol. The van der Waals surface area contributed by atoms with Crippen LogP contribution in [0.25, 0.3) is 0 Å². The normalized spacial score (nSPS) is 52.2. The minimum absolute atomic E-state index is 0.0593. The number of carbonyl (C=O) groups excluding carboxylic acids is 2. The summed E-state index contributed by atoms with van der Waals surface area (Å²) >= 11 is 0. The van der Waals surface area contributed by atoms with Crippen molar-refractivity contribution in [2.45, 2.75) is 157 Å². The Bertz CT molecular complexity index is 1190. The molecular weight excluding hydrogens is 564 g/mol. The zero-order chi connectivity index (χ0) is 32.8. The number of Topliss-reactive ketones (excluding diaryl/α,β-unsaturated/α-hetero) is 2. The zero-order valence-corrected chi connectivity index (χ0v) is 30.5.